The summed E-state index contributed by atoms with van der Waals surface area (Å²) in [6.07, 6.45) is -0.350. The summed E-state index contributed by atoms with van der Waals surface area (Å²) in [6.45, 7) is 1.67. The molecule has 0 aliphatic carbocycles. The van der Waals surface area contributed by atoms with Crippen molar-refractivity contribution in [2.24, 2.45) is 11.5 Å². The summed E-state index contributed by atoms with van der Waals surface area (Å²) in [5, 5.41) is 0. The monoisotopic (exact) mass is 128 g/mol. The molecule has 0 radical (unpaired) electrons. The molecule has 4 nitrogen and oxygen atoms in total. The van der Waals surface area contributed by atoms with Crippen molar-refractivity contribution in [3.05, 3.63) is 11.4 Å². The van der Waals surface area contributed by atoms with Gasteiger partial charge in [-0.15, -0.1) is 0 Å². The van der Waals surface area contributed by atoms with Crippen LogP contribution in [-0.2, 0) is 9.53 Å². The Morgan fingerprint density at radius 1 is 1.56 bits per heavy atom. The molecule has 50 valence electrons. The topological polar surface area (TPSA) is 78.3 Å². The third-order valence-corrected chi connectivity index (χ3v) is 1.25. The zero-order valence-corrected chi connectivity index (χ0v) is 5.05. The molecule has 0 fully saturated rings. The minimum Gasteiger partial charge on any atom is -0.451 e. The number of hydrogen-bond donors (Lipinski definition) is 2. The van der Waals surface area contributed by atoms with Crippen LogP contribution in [0.25, 0.3) is 0 Å². The van der Waals surface area contributed by atoms with Gasteiger partial charge in [0.25, 0.3) is 0 Å². The predicted molar refractivity (Wildman–Crippen MR) is 31.0 cm³/mol. The van der Waals surface area contributed by atoms with Gasteiger partial charge < -0.3 is 16.2 Å². The van der Waals surface area contributed by atoms with Crippen LogP contribution < -0.4 is 11.5 Å². The fourth-order valence-electron chi connectivity index (χ4n) is 0.624. The van der Waals surface area contributed by atoms with Crippen molar-refractivity contribution in [2.75, 3.05) is 0 Å². The third kappa shape index (κ3) is 0.718. The van der Waals surface area contributed by atoms with Gasteiger partial charge in [-0.3, -0.25) is 0 Å². The standard InChI is InChI=1S/C5H8N2O2/c1-2-3(6)4(7)5(8)9-2/h2H,6-7H2,1H3. The Labute approximate surface area is 52.5 Å². The minimum absolute atomic E-state index is 0.0440. The van der Waals surface area contributed by atoms with Crippen LogP contribution in [0.4, 0.5) is 0 Å². The SMILES string of the molecule is CC1OC(=O)C(N)=C1N. The van der Waals surface area contributed by atoms with Gasteiger partial charge in [0.05, 0.1) is 5.70 Å². The Balaban J connectivity index is 2.92. The molecule has 1 rings (SSSR count). The summed E-state index contributed by atoms with van der Waals surface area (Å²) in [6, 6.07) is 0. The smallest absolute Gasteiger partial charge is 0.356 e. The van der Waals surface area contributed by atoms with Crippen molar-refractivity contribution in [1.82, 2.24) is 0 Å². The average molecular weight is 128 g/mol. The van der Waals surface area contributed by atoms with E-state index >= 15 is 0 Å². The van der Waals surface area contributed by atoms with Gasteiger partial charge in [-0.2, -0.15) is 0 Å². The number of cyclic esters (lactones) is 1. The molecule has 0 saturated carbocycles. The Bertz CT molecular complexity index is 185. The Hall–Kier alpha value is -1.19. The first-order chi connectivity index (χ1) is 4.13. The molecule has 0 bridgehead atoms. The lowest BCUT2D eigenvalue weighted by Gasteiger charge is -2.00. The molecule has 0 spiro atoms. The van der Waals surface area contributed by atoms with Gasteiger partial charge in [0.1, 0.15) is 11.8 Å². The highest BCUT2D eigenvalue weighted by Gasteiger charge is 2.26. The van der Waals surface area contributed by atoms with Crippen molar-refractivity contribution < 1.29 is 9.53 Å². The van der Waals surface area contributed by atoms with E-state index in [4.69, 9.17) is 11.5 Å². The van der Waals surface area contributed by atoms with Gasteiger partial charge >= 0.3 is 5.97 Å². The molecule has 0 aromatic rings. The Morgan fingerprint density at radius 3 is 2.22 bits per heavy atom. The lowest BCUT2D eigenvalue weighted by Crippen LogP contribution is -2.12. The maximum absolute atomic E-state index is 10.5. The van der Waals surface area contributed by atoms with Crippen LogP contribution in [0.5, 0.6) is 0 Å². The number of carbonyl (C=O) groups excluding carboxylic acids is 1. The fourth-order valence-corrected chi connectivity index (χ4v) is 0.624. The summed E-state index contributed by atoms with van der Waals surface area (Å²) in [5.74, 6) is -0.514. The number of hydrogen-bond acceptors (Lipinski definition) is 4. The summed E-state index contributed by atoms with van der Waals surface area (Å²) in [7, 11) is 0. The largest absolute Gasteiger partial charge is 0.451 e. The first-order valence-electron chi connectivity index (χ1n) is 2.59. The number of nitrogens with two attached hydrogens (primary N) is 2. The number of esters is 1. The Kier molecular flexibility index (Phi) is 1.09. The summed E-state index contributed by atoms with van der Waals surface area (Å²) in [5.41, 5.74) is 10.9. The fraction of sp³-hybridized carbons (Fsp3) is 0.400. The molecule has 0 amide bonds. The van der Waals surface area contributed by atoms with Crippen LogP contribution in [0, 0.1) is 0 Å². The maximum Gasteiger partial charge on any atom is 0.356 e. The molecule has 0 saturated heterocycles. The summed E-state index contributed by atoms with van der Waals surface area (Å²) < 4.78 is 4.62. The van der Waals surface area contributed by atoms with Crippen molar-refractivity contribution in [3.63, 3.8) is 0 Å². The molecule has 4 N–H and O–H groups in total. The van der Waals surface area contributed by atoms with Crippen molar-refractivity contribution in [1.29, 1.82) is 0 Å². The van der Waals surface area contributed by atoms with E-state index in [9.17, 15) is 4.79 Å². The van der Waals surface area contributed by atoms with Gasteiger partial charge in [0, 0.05) is 0 Å². The van der Waals surface area contributed by atoms with Crippen molar-refractivity contribution >= 4 is 5.97 Å². The predicted octanol–water partition coefficient (Wildman–Crippen LogP) is -0.939. The van der Waals surface area contributed by atoms with Crippen molar-refractivity contribution in [3.8, 4) is 0 Å². The van der Waals surface area contributed by atoms with E-state index in [1.165, 1.54) is 0 Å². The number of carbonyl (C=O) groups is 1. The second kappa shape index (κ2) is 1.65. The molecular formula is C5H8N2O2. The molecule has 1 heterocycles. The van der Waals surface area contributed by atoms with Crippen LogP contribution in [0.1, 0.15) is 6.92 Å². The quantitative estimate of drug-likeness (QED) is 0.413. The van der Waals surface area contributed by atoms with Crippen LogP contribution in [-0.4, -0.2) is 12.1 Å². The van der Waals surface area contributed by atoms with E-state index in [1.54, 1.807) is 6.92 Å². The molecule has 9 heavy (non-hydrogen) atoms. The lowest BCUT2D eigenvalue weighted by atomic mass is 10.3. The molecule has 1 aliphatic heterocycles. The second-order valence-electron chi connectivity index (χ2n) is 1.92. The van der Waals surface area contributed by atoms with Gasteiger partial charge in [0.2, 0.25) is 0 Å². The van der Waals surface area contributed by atoms with Crippen LogP contribution >= 0.6 is 0 Å². The molecule has 1 aliphatic rings. The van der Waals surface area contributed by atoms with E-state index in [-0.39, 0.29) is 11.8 Å². The van der Waals surface area contributed by atoms with Gasteiger partial charge in [-0.25, -0.2) is 4.79 Å². The van der Waals surface area contributed by atoms with E-state index in [0.717, 1.165) is 0 Å². The summed E-state index contributed by atoms with van der Waals surface area (Å²) in [4.78, 5) is 10.5. The van der Waals surface area contributed by atoms with Gasteiger partial charge in [0.15, 0.2) is 0 Å². The zero-order chi connectivity index (χ0) is 7.02. The first-order valence-corrected chi connectivity index (χ1v) is 2.59. The van der Waals surface area contributed by atoms with Crippen LogP contribution in [0.2, 0.25) is 0 Å². The lowest BCUT2D eigenvalue weighted by molar-refractivity contribution is -0.139. The normalized spacial score (nSPS) is 26.8. The molecule has 1 atom stereocenters. The number of ether oxygens (including phenoxy) is 1. The van der Waals surface area contributed by atoms with E-state index in [0.29, 0.717) is 5.70 Å². The summed E-state index contributed by atoms with van der Waals surface area (Å²) >= 11 is 0. The van der Waals surface area contributed by atoms with E-state index in [2.05, 4.69) is 4.74 Å². The highest BCUT2D eigenvalue weighted by atomic mass is 16.5. The molecule has 0 aromatic carbocycles. The Morgan fingerprint density at radius 2 is 2.11 bits per heavy atom. The van der Waals surface area contributed by atoms with Crippen LogP contribution in [0.15, 0.2) is 11.4 Å². The molecule has 1 unspecified atom stereocenters. The first kappa shape index (κ1) is 5.94. The van der Waals surface area contributed by atoms with Gasteiger partial charge in [-0.05, 0) is 6.92 Å². The highest BCUT2D eigenvalue weighted by Crippen LogP contribution is 2.12. The van der Waals surface area contributed by atoms with Gasteiger partial charge in [-0.1, -0.05) is 0 Å². The zero-order valence-electron chi connectivity index (χ0n) is 5.05. The molecular weight excluding hydrogens is 120 g/mol. The molecule has 4 heteroatoms. The third-order valence-electron chi connectivity index (χ3n) is 1.25. The van der Waals surface area contributed by atoms with Crippen molar-refractivity contribution in [2.45, 2.75) is 13.0 Å². The minimum atomic E-state index is -0.514. The number of rotatable bonds is 0. The average Bonchev–Trinajstić information content (AvgIpc) is 1.98. The highest BCUT2D eigenvalue weighted by molar-refractivity contribution is 5.90. The van der Waals surface area contributed by atoms with E-state index in [1.807, 2.05) is 0 Å². The van der Waals surface area contributed by atoms with E-state index < -0.39 is 5.97 Å². The molecule has 0 aromatic heterocycles. The van der Waals surface area contributed by atoms with Crippen LogP contribution in [0.3, 0.4) is 0 Å². The second-order valence-corrected chi connectivity index (χ2v) is 1.92. The maximum atomic E-state index is 10.5.